The summed E-state index contributed by atoms with van der Waals surface area (Å²) < 4.78 is 10.8. The normalized spacial score (nSPS) is 12.2. The van der Waals surface area contributed by atoms with Crippen LogP contribution in [0.1, 0.15) is 50.8 Å². The molecule has 0 unspecified atom stereocenters. The molecule has 0 aliphatic carbocycles. The van der Waals surface area contributed by atoms with Crippen molar-refractivity contribution in [2.75, 3.05) is 6.54 Å². The predicted octanol–water partition coefficient (Wildman–Crippen LogP) is 4.18. The van der Waals surface area contributed by atoms with Crippen LogP contribution in [-0.2, 0) is 25.7 Å². The molecular weight excluding hydrogens is 354 g/mol. The number of hydrogen-bond acceptors (Lipinski definition) is 5. The maximum atomic E-state index is 12.6. The average Bonchev–Trinajstić information content (AvgIpc) is 2.66. The smallest absolute Gasteiger partial charge is 0.328 e. The Balaban J connectivity index is 1.81. The van der Waals surface area contributed by atoms with E-state index >= 15 is 0 Å². The summed E-state index contributed by atoms with van der Waals surface area (Å²) in [5.41, 5.74) is 1.24. The van der Waals surface area contributed by atoms with Gasteiger partial charge in [-0.05, 0) is 44.9 Å². The van der Waals surface area contributed by atoms with Crippen LogP contribution in [-0.4, -0.2) is 24.1 Å². The van der Waals surface area contributed by atoms with Gasteiger partial charge in [0.25, 0.3) is 0 Å². The lowest BCUT2D eigenvalue weighted by Crippen LogP contribution is -2.35. The minimum absolute atomic E-state index is 0.251. The molecule has 0 radical (unpaired) electrons. The molecule has 2 aromatic rings. The number of esters is 2. The summed E-state index contributed by atoms with van der Waals surface area (Å²) in [6, 6.07) is 18.4. The molecule has 2 aromatic carbocycles. The maximum absolute atomic E-state index is 12.6. The van der Waals surface area contributed by atoms with Crippen LogP contribution in [0.2, 0.25) is 0 Å². The Morgan fingerprint density at radius 2 is 1.57 bits per heavy atom. The van der Waals surface area contributed by atoms with Crippen molar-refractivity contribution < 1.29 is 19.1 Å². The van der Waals surface area contributed by atoms with Gasteiger partial charge in [0.2, 0.25) is 0 Å². The van der Waals surface area contributed by atoms with Crippen molar-refractivity contribution >= 4 is 11.9 Å². The molecule has 1 N–H and O–H groups in total. The molecule has 0 heterocycles. The van der Waals surface area contributed by atoms with Gasteiger partial charge in [-0.2, -0.15) is 0 Å². The zero-order chi connectivity index (χ0) is 20.4. The number of carbonyl (C=O) groups excluding carboxylic acids is 2. The minimum atomic E-state index is -0.569. The molecule has 5 nitrogen and oxygen atoms in total. The SMILES string of the molecule is CC(C)(C)OC(=O)[C@@H](NCCCC(=O)OCc1ccccc1)c1ccccc1. The van der Waals surface area contributed by atoms with Crippen molar-refractivity contribution in [3.8, 4) is 0 Å². The summed E-state index contributed by atoms with van der Waals surface area (Å²) in [5, 5.41) is 3.21. The summed E-state index contributed by atoms with van der Waals surface area (Å²) in [6.07, 6.45) is 0.857. The van der Waals surface area contributed by atoms with Crippen LogP contribution < -0.4 is 5.32 Å². The van der Waals surface area contributed by atoms with E-state index in [0.29, 0.717) is 13.0 Å². The standard InChI is InChI=1S/C23H29NO4/c1-23(2,3)28-22(26)21(19-13-8-5-9-14-19)24-16-10-15-20(25)27-17-18-11-6-4-7-12-18/h4-9,11-14,21,24H,10,15-17H2,1-3H3/t21-/m0/s1. The van der Waals surface area contributed by atoms with Crippen molar-refractivity contribution in [2.24, 2.45) is 0 Å². The van der Waals surface area contributed by atoms with E-state index in [-0.39, 0.29) is 25.0 Å². The predicted molar refractivity (Wildman–Crippen MR) is 109 cm³/mol. The van der Waals surface area contributed by atoms with Gasteiger partial charge in [-0.25, -0.2) is 4.79 Å². The summed E-state index contributed by atoms with van der Waals surface area (Å²) in [6.45, 7) is 6.30. The number of carbonyl (C=O) groups is 2. The Bertz CT molecular complexity index is 738. The van der Waals surface area contributed by atoms with E-state index in [1.807, 2.05) is 81.4 Å². The zero-order valence-electron chi connectivity index (χ0n) is 16.8. The molecule has 1 atom stereocenters. The molecular formula is C23H29NO4. The molecule has 28 heavy (non-hydrogen) atoms. The van der Waals surface area contributed by atoms with Gasteiger partial charge in [-0.1, -0.05) is 60.7 Å². The quantitative estimate of drug-likeness (QED) is 0.520. The van der Waals surface area contributed by atoms with E-state index in [4.69, 9.17) is 9.47 Å². The van der Waals surface area contributed by atoms with Crippen molar-refractivity contribution in [2.45, 2.75) is 51.9 Å². The molecule has 0 fully saturated rings. The Hall–Kier alpha value is -2.66. The zero-order valence-corrected chi connectivity index (χ0v) is 16.8. The van der Waals surface area contributed by atoms with Crippen molar-refractivity contribution in [3.05, 3.63) is 71.8 Å². The second kappa shape index (κ2) is 10.6. The Morgan fingerprint density at radius 1 is 0.964 bits per heavy atom. The Morgan fingerprint density at radius 3 is 2.18 bits per heavy atom. The third-order valence-electron chi connectivity index (χ3n) is 3.92. The van der Waals surface area contributed by atoms with E-state index < -0.39 is 11.6 Å². The van der Waals surface area contributed by atoms with Crippen LogP contribution in [0.15, 0.2) is 60.7 Å². The van der Waals surface area contributed by atoms with Crippen LogP contribution in [0.4, 0.5) is 0 Å². The lowest BCUT2D eigenvalue weighted by Gasteiger charge is -2.25. The number of ether oxygens (including phenoxy) is 2. The fourth-order valence-corrected chi connectivity index (χ4v) is 2.63. The Kier molecular flexibility index (Phi) is 8.20. The molecule has 2 rings (SSSR count). The first-order chi connectivity index (χ1) is 13.3. The van der Waals surface area contributed by atoms with E-state index in [1.165, 1.54) is 0 Å². The molecule has 0 aromatic heterocycles. The lowest BCUT2D eigenvalue weighted by atomic mass is 10.1. The van der Waals surface area contributed by atoms with Crippen LogP contribution in [0.3, 0.4) is 0 Å². The Labute approximate surface area is 167 Å². The van der Waals surface area contributed by atoms with Crippen molar-refractivity contribution in [3.63, 3.8) is 0 Å². The summed E-state index contributed by atoms with van der Waals surface area (Å²) >= 11 is 0. The fraction of sp³-hybridized carbons (Fsp3) is 0.391. The molecule has 0 saturated carbocycles. The fourth-order valence-electron chi connectivity index (χ4n) is 2.63. The number of rotatable bonds is 9. The number of benzene rings is 2. The highest BCUT2D eigenvalue weighted by Gasteiger charge is 2.26. The average molecular weight is 383 g/mol. The van der Waals surface area contributed by atoms with E-state index in [0.717, 1.165) is 11.1 Å². The van der Waals surface area contributed by atoms with Gasteiger partial charge in [0.05, 0.1) is 0 Å². The topological polar surface area (TPSA) is 64.6 Å². The van der Waals surface area contributed by atoms with E-state index in [1.54, 1.807) is 0 Å². The van der Waals surface area contributed by atoms with Crippen molar-refractivity contribution in [1.82, 2.24) is 5.32 Å². The number of nitrogens with one attached hydrogen (secondary N) is 1. The lowest BCUT2D eigenvalue weighted by molar-refractivity contribution is -0.157. The molecule has 5 heteroatoms. The third kappa shape index (κ3) is 7.92. The third-order valence-corrected chi connectivity index (χ3v) is 3.92. The number of hydrogen-bond donors (Lipinski definition) is 1. The largest absolute Gasteiger partial charge is 0.461 e. The van der Waals surface area contributed by atoms with Crippen LogP contribution in [0.5, 0.6) is 0 Å². The second-order valence-corrected chi connectivity index (χ2v) is 7.58. The van der Waals surface area contributed by atoms with E-state index in [2.05, 4.69) is 5.32 Å². The molecule has 0 aliphatic rings. The first-order valence-electron chi connectivity index (χ1n) is 9.56. The monoisotopic (exact) mass is 383 g/mol. The minimum Gasteiger partial charge on any atom is -0.461 e. The van der Waals surface area contributed by atoms with Crippen LogP contribution in [0, 0.1) is 0 Å². The van der Waals surface area contributed by atoms with Gasteiger partial charge in [0, 0.05) is 6.42 Å². The van der Waals surface area contributed by atoms with Gasteiger partial charge in [-0.3, -0.25) is 4.79 Å². The van der Waals surface area contributed by atoms with Crippen LogP contribution in [0.25, 0.3) is 0 Å². The van der Waals surface area contributed by atoms with Crippen molar-refractivity contribution in [1.29, 1.82) is 0 Å². The molecule has 150 valence electrons. The van der Waals surface area contributed by atoms with Gasteiger partial charge < -0.3 is 14.8 Å². The molecule has 0 saturated heterocycles. The molecule has 0 amide bonds. The van der Waals surface area contributed by atoms with Gasteiger partial charge in [-0.15, -0.1) is 0 Å². The van der Waals surface area contributed by atoms with Crippen LogP contribution >= 0.6 is 0 Å². The maximum Gasteiger partial charge on any atom is 0.328 e. The molecule has 0 aliphatic heterocycles. The second-order valence-electron chi connectivity index (χ2n) is 7.58. The van der Waals surface area contributed by atoms with Gasteiger partial charge in [0.1, 0.15) is 18.2 Å². The first-order valence-corrected chi connectivity index (χ1v) is 9.56. The van der Waals surface area contributed by atoms with Gasteiger partial charge >= 0.3 is 11.9 Å². The summed E-state index contributed by atoms with van der Waals surface area (Å²) in [5.74, 6) is -0.579. The summed E-state index contributed by atoms with van der Waals surface area (Å²) in [7, 11) is 0. The highest BCUT2D eigenvalue weighted by molar-refractivity contribution is 5.78. The highest BCUT2D eigenvalue weighted by atomic mass is 16.6. The van der Waals surface area contributed by atoms with E-state index in [9.17, 15) is 9.59 Å². The highest BCUT2D eigenvalue weighted by Crippen LogP contribution is 2.18. The molecule has 0 spiro atoms. The first kappa shape index (κ1) is 21.6. The summed E-state index contributed by atoms with van der Waals surface area (Å²) in [4.78, 5) is 24.5. The molecule has 0 bridgehead atoms. The van der Waals surface area contributed by atoms with Gasteiger partial charge in [0.15, 0.2) is 0 Å².